The fraction of sp³-hybridized carbons (Fsp3) is 0.259. The molecule has 1 fully saturated rings. The highest BCUT2D eigenvalue weighted by Crippen LogP contribution is 2.33. The van der Waals surface area contributed by atoms with Crippen LogP contribution in [0.4, 0.5) is 16.2 Å². The zero-order valence-electron chi connectivity index (χ0n) is 19.0. The van der Waals surface area contributed by atoms with E-state index in [1.807, 2.05) is 54.6 Å². The van der Waals surface area contributed by atoms with Crippen molar-refractivity contribution in [2.45, 2.75) is 44.6 Å². The van der Waals surface area contributed by atoms with Crippen LogP contribution in [0, 0.1) is 0 Å². The number of anilines is 2. The molecule has 7 heteroatoms. The maximum Gasteiger partial charge on any atom is 0.326 e. The number of nitrogens with zero attached hydrogens (tertiary/aromatic N) is 4. The van der Waals surface area contributed by atoms with E-state index < -0.39 is 0 Å². The van der Waals surface area contributed by atoms with Gasteiger partial charge in [-0.15, -0.1) is 10.2 Å². The summed E-state index contributed by atoms with van der Waals surface area (Å²) in [5.41, 5.74) is 4.89. The van der Waals surface area contributed by atoms with Gasteiger partial charge in [0.25, 0.3) is 0 Å². The number of hydrogen-bond donors (Lipinski definition) is 2. The number of rotatable bonds is 6. The molecular formula is C27H28N6O. The minimum atomic E-state index is -0.168. The fourth-order valence-corrected chi connectivity index (χ4v) is 4.58. The molecule has 172 valence electrons. The molecule has 7 nitrogen and oxygen atoms in total. The highest BCUT2D eigenvalue weighted by molar-refractivity contribution is 6.01. The number of carbonyl (C=O) groups is 1. The van der Waals surface area contributed by atoms with Crippen LogP contribution in [0.3, 0.4) is 0 Å². The molecule has 1 heterocycles. The first-order valence-electron chi connectivity index (χ1n) is 11.8. The van der Waals surface area contributed by atoms with Gasteiger partial charge in [-0.05, 0) is 59.4 Å². The maximum atomic E-state index is 13.3. The predicted octanol–water partition coefficient (Wildman–Crippen LogP) is 6.15. The van der Waals surface area contributed by atoms with Crippen LogP contribution in [0.2, 0.25) is 0 Å². The van der Waals surface area contributed by atoms with Crippen LogP contribution in [-0.2, 0) is 6.54 Å². The smallest absolute Gasteiger partial charge is 0.308 e. The lowest BCUT2D eigenvalue weighted by molar-refractivity contribution is 0.256. The lowest BCUT2D eigenvalue weighted by Crippen LogP contribution is -2.34. The number of benzene rings is 3. The second-order valence-corrected chi connectivity index (χ2v) is 8.74. The lowest BCUT2D eigenvalue weighted by Gasteiger charge is -2.25. The summed E-state index contributed by atoms with van der Waals surface area (Å²) in [5.74, 6) is 1.18. The SMILES string of the molecule is O=C(Nc1ccccc1)N(Cc1ccc(-c2nn[nH]n2)cc1)c1ccc(C2CCCCC2)cc1. The van der Waals surface area contributed by atoms with Gasteiger partial charge in [-0.1, -0.05) is 73.9 Å². The number of tetrazole rings is 1. The van der Waals surface area contributed by atoms with Gasteiger partial charge in [0.1, 0.15) is 0 Å². The molecule has 4 aromatic rings. The molecule has 2 N–H and O–H groups in total. The number of H-pyrrole nitrogens is 1. The Morgan fingerprint density at radius 1 is 0.912 bits per heavy atom. The number of amides is 2. The number of aromatic amines is 1. The summed E-state index contributed by atoms with van der Waals surface area (Å²) >= 11 is 0. The van der Waals surface area contributed by atoms with Gasteiger partial charge in [-0.25, -0.2) is 4.79 Å². The van der Waals surface area contributed by atoms with E-state index >= 15 is 0 Å². The van der Waals surface area contributed by atoms with E-state index in [4.69, 9.17) is 0 Å². The standard InChI is InChI=1S/C27H28N6O/c34-27(28-24-9-5-2-6-10-24)33(19-20-11-13-23(14-12-20)26-29-31-32-30-26)25-17-15-22(16-18-25)21-7-3-1-4-8-21/h2,5-6,9-18,21H,1,3-4,7-8,19H2,(H,28,34)(H,29,30,31,32). The zero-order chi connectivity index (χ0) is 23.2. The first kappa shape index (κ1) is 21.8. The number of hydrogen-bond acceptors (Lipinski definition) is 4. The first-order chi connectivity index (χ1) is 16.8. The van der Waals surface area contributed by atoms with Crippen LogP contribution >= 0.6 is 0 Å². The van der Waals surface area contributed by atoms with Gasteiger partial charge >= 0.3 is 6.03 Å². The van der Waals surface area contributed by atoms with Gasteiger partial charge < -0.3 is 5.32 Å². The van der Waals surface area contributed by atoms with Gasteiger partial charge in [-0.3, -0.25) is 4.90 Å². The minimum absolute atomic E-state index is 0.168. The van der Waals surface area contributed by atoms with E-state index in [2.05, 4.69) is 50.2 Å². The highest BCUT2D eigenvalue weighted by atomic mass is 16.2. The van der Waals surface area contributed by atoms with Crippen LogP contribution < -0.4 is 10.2 Å². The second-order valence-electron chi connectivity index (χ2n) is 8.74. The van der Waals surface area contributed by atoms with Gasteiger partial charge in [0.05, 0.1) is 6.54 Å². The zero-order valence-corrected chi connectivity index (χ0v) is 19.0. The van der Waals surface area contributed by atoms with Crippen molar-refractivity contribution in [2.24, 2.45) is 0 Å². The highest BCUT2D eigenvalue weighted by Gasteiger charge is 2.19. The molecule has 0 atom stereocenters. The first-order valence-corrected chi connectivity index (χ1v) is 11.8. The molecule has 1 aliphatic carbocycles. The molecule has 2 amide bonds. The monoisotopic (exact) mass is 452 g/mol. The predicted molar refractivity (Wildman–Crippen MR) is 134 cm³/mol. The van der Waals surface area contributed by atoms with Gasteiger partial charge in [0.2, 0.25) is 5.82 Å². The Balaban J connectivity index is 1.38. The molecule has 1 aromatic heterocycles. The molecule has 1 saturated carbocycles. The molecule has 3 aromatic carbocycles. The van der Waals surface area contributed by atoms with Crippen LogP contribution in [0.15, 0.2) is 78.9 Å². The average molecular weight is 453 g/mol. The Morgan fingerprint density at radius 2 is 1.65 bits per heavy atom. The summed E-state index contributed by atoms with van der Waals surface area (Å²) in [7, 11) is 0. The molecular weight excluding hydrogens is 424 g/mol. The third kappa shape index (κ3) is 5.14. The lowest BCUT2D eigenvalue weighted by atomic mass is 9.84. The number of para-hydroxylation sites is 1. The Bertz CT molecular complexity index is 1180. The minimum Gasteiger partial charge on any atom is -0.308 e. The van der Waals surface area contributed by atoms with E-state index in [-0.39, 0.29) is 6.03 Å². The van der Waals surface area contributed by atoms with Crippen molar-refractivity contribution >= 4 is 17.4 Å². The molecule has 0 radical (unpaired) electrons. The van der Waals surface area contributed by atoms with Crippen molar-refractivity contribution in [1.82, 2.24) is 20.6 Å². The van der Waals surface area contributed by atoms with Crippen molar-refractivity contribution in [3.63, 3.8) is 0 Å². The van der Waals surface area contributed by atoms with Crippen molar-refractivity contribution in [3.8, 4) is 11.4 Å². The number of carbonyl (C=O) groups excluding carboxylic acids is 1. The van der Waals surface area contributed by atoms with E-state index in [9.17, 15) is 4.79 Å². The van der Waals surface area contributed by atoms with Crippen LogP contribution in [0.1, 0.15) is 49.1 Å². The summed E-state index contributed by atoms with van der Waals surface area (Å²) in [6.45, 7) is 0.438. The number of nitrogens with one attached hydrogen (secondary N) is 2. The second kappa shape index (κ2) is 10.3. The van der Waals surface area contributed by atoms with Crippen LogP contribution in [0.5, 0.6) is 0 Å². The summed E-state index contributed by atoms with van der Waals surface area (Å²) in [5, 5.41) is 17.2. The summed E-state index contributed by atoms with van der Waals surface area (Å²) < 4.78 is 0. The summed E-state index contributed by atoms with van der Waals surface area (Å²) in [4.78, 5) is 15.1. The van der Waals surface area contributed by atoms with E-state index in [1.54, 1.807) is 4.90 Å². The van der Waals surface area contributed by atoms with E-state index in [0.717, 1.165) is 22.5 Å². The normalized spacial score (nSPS) is 14.0. The number of urea groups is 1. The Morgan fingerprint density at radius 3 is 2.32 bits per heavy atom. The molecule has 0 unspecified atom stereocenters. The van der Waals surface area contributed by atoms with E-state index in [1.165, 1.54) is 37.7 Å². The molecule has 5 rings (SSSR count). The van der Waals surface area contributed by atoms with Crippen molar-refractivity contribution in [2.75, 3.05) is 10.2 Å². The maximum absolute atomic E-state index is 13.3. The van der Waals surface area contributed by atoms with Gasteiger partial charge in [-0.2, -0.15) is 5.21 Å². The Hall–Kier alpha value is -4.00. The molecule has 0 saturated heterocycles. The van der Waals surface area contributed by atoms with Crippen LogP contribution in [-0.4, -0.2) is 26.7 Å². The van der Waals surface area contributed by atoms with Gasteiger partial charge in [0.15, 0.2) is 0 Å². The van der Waals surface area contributed by atoms with Crippen molar-refractivity contribution in [3.05, 3.63) is 90.0 Å². The molecule has 0 aliphatic heterocycles. The van der Waals surface area contributed by atoms with E-state index in [0.29, 0.717) is 18.3 Å². The third-order valence-electron chi connectivity index (χ3n) is 6.45. The molecule has 0 spiro atoms. The molecule has 1 aliphatic rings. The van der Waals surface area contributed by atoms with Crippen molar-refractivity contribution < 1.29 is 4.79 Å². The Labute approximate surface area is 199 Å². The Kier molecular flexibility index (Phi) is 6.61. The topological polar surface area (TPSA) is 86.8 Å². The fourth-order valence-electron chi connectivity index (χ4n) is 4.58. The van der Waals surface area contributed by atoms with Crippen LogP contribution in [0.25, 0.3) is 11.4 Å². The third-order valence-corrected chi connectivity index (χ3v) is 6.45. The van der Waals surface area contributed by atoms with Crippen molar-refractivity contribution in [1.29, 1.82) is 0 Å². The largest absolute Gasteiger partial charge is 0.326 e. The average Bonchev–Trinajstić information content (AvgIpc) is 3.44. The summed E-state index contributed by atoms with van der Waals surface area (Å²) in [6, 6.07) is 25.8. The number of aromatic nitrogens is 4. The molecule has 34 heavy (non-hydrogen) atoms. The quantitative estimate of drug-likeness (QED) is 0.367. The van der Waals surface area contributed by atoms with Gasteiger partial charge in [0, 0.05) is 16.9 Å². The summed E-state index contributed by atoms with van der Waals surface area (Å²) in [6.07, 6.45) is 6.46. The molecule has 0 bridgehead atoms.